The Balaban J connectivity index is 2.62. The molecule has 1 N–H and O–H groups in total. The topological polar surface area (TPSA) is 42.2 Å². The number of hydrogen-bond acceptors (Lipinski definition) is 1. The molecule has 2 rings (SSSR count). The lowest BCUT2D eigenvalue weighted by Crippen LogP contribution is -1.97. The molecule has 3 heteroatoms. The molecule has 0 radical (unpaired) electrons. The van der Waals surface area contributed by atoms with Gasteiger partial charge in [0.25, 0.3) is 0 Å². The summed E-state index contributed by atoms with van der Waals surface area (Å²) < 4.78 is 1.89. The minimum Gasteiger partial charge on any atom is -0.478 e. The van der Waals surface area contributed by atoms with Gasteiger partial charge in [-0.2, -0.15) is 0 Å². The highest BCUT2D eigenvalue weighted by Crippen LogP contribution is 2.27. The van der Waals surface area contributed by atoms with E-state index in [1.54, 1.807) is 6.20 Å². The Morgan fingerprint density at radius 3 is 2.53 bits per heavy atom. The Bertz CT molecular complexity index is 555. The van der Waals surface area contributed by atoms with Crippen molar-refractivity contribution in [2.45, 2.75) is 20.4 Å². The largest absolute Gasteiger partial charge is 0.478 e. The Morgan fingerprint density at radius 2 is 1.94 bits per heavy atom. The quantitative estimate of drug-likeness (QED) is 0.878. The molecule has 2 aromatic rings. The summed E-state index contributed by atoms with van der Waals surface area (Å²) in [7, 11) is 0. The fraction of sp³-hybridized carbons (Fsp3) is 0.214. The van der Waals surface area contributed by atoms with E-state index < -0.39 is 5.97 Å². The van der Waals surface area contributed by atoms with E-state index in [4.69, 9.17) is 0 Å². The average Bonchev–Trinajstić information content (AvgIpc) is 2.73. The fourth-order valence-corrected chi connectivity index (χ4v) is 1.95. The fourth-order valence-electron chi connectivity index (χ4n) is 1.95. The molecule has 1 aromatic carbocycles. The monoisotopic (exact) mass is 229 g/mol. The summed E-state index contributed by atoms with van der Waals surface area (Å²) in [4.78, 5) is 11.2. The third kappa shape index (κ3) is 2.09. The van der Waals surface area contributed by atoms with E-state index in [9.17, 15) is 9.90 Å². The lowest BCUT2D eigenvalue weighted by molar-refractivity contribution is 0.0697. The average molecular weight is 229 g/mol. The zero-order chi connectivity index (χ0) is 12.4. The van der Waals surface area contributed by atoms with E-state index in [2.05, 4.69) is 0 Å². The van der Waals surface area contributed by atoms with Crippen LogP contribution in [0.25, 0.3) is 11.1 Å². The minimum absolute atomic E-state index is 0.362. The number of rotatable bonds is 3. The van der Waals surface area contributed by atoms with Crippen molar-refractivity contribution in [3.8, 4) is 11.1 Å². The van der Waals surface area contributed by atoms with E-state index in [1.165, 1.54) is 0 Å². The van der Waals surface area contributed by atoms with Crippen molar-refractivity contribution in [1.82, 2.24) is 4.57 Å². The molecule has 0 spiro atoms. The van der Waals surface area contributed by atoms with Gasteiger partial charge in [-0.25, -0.2) is 4.79 Å². The van der Waals surface area contributed by atoms with E-state index in [-0.39, 0.29) is 0 Å². The van der Waals surface area contributed by atoms with Crippen molar-refractivity contribution < 1.29 is 9.90 Å². The number of aryl methyl sites for hydroxylation is 2. The number of benzene rings is 1. The van der Waals surface area contributed by atoms with Crippen LogP contribution in [0, 0.1) is 6.92 Å². The van der Waals surface area contributed by atoms with Gasteiger partial charge >= 0.3 is 5.97 Å². The smallest absolute Gasteiger partial charge is 0.337 e. The number of carbonyl (C=O) groups is 1. The van der Waals surface area contributed by atoms with Crippen LogP contribution in [0.3, 0.4) is 0 Å². The highest BCUT2D eigenvalue weighted by atomic mass is 16.4. The zero-order valence-electron chi connectivity index (χ0n) is 9.97. The molecule has 1 heterocycles. The second kappa shape index (κ2) is 4.45. The maximum atomic E-state index is 11.2. The third-order valence-corrected chi connectivity index (χ3v) is 2.91. The van der Waals surface area contributed by atoms with Crippen molar-refractivity contribution in [3.05, 3.63) is 47.8 Å². The van der Waals surface area contributed by atoms with Crippen LogP contribution in [-0.4, -0.2) is 15.6 Å². The molecule has 0 amide bonds. The summed E-state index contributed by atoms with van der Waals surface area (Å²) in [6.07, 6.45) is 3.58. The Hall–Kier alpha value is -2.03. The predicted octanol–water partition coefficient (Wildman–Crippen LogP) is 3.18. The molecule has 0 aliphatic heterocycles. The van der Waals surface area contributed by atoms with Gasteiger partial charge in [0.15, 0.2) is 0 Å². The second-order valence-electron chi connectivity index (χ2n) is 4.04. The Labute approximate surface area is 100 Å². The van der Waals surface area contributed by atoms with Gasteiger partial charge in [-0.3, -0.25) is 0 Å². The van der Waals surface area contributed by atoms with Gasteiger partial charge in [0.05, 0.1) is 5.56 Å². The predicted molar refractivity (Wildman–Crippen MR) is 67.2 cm³/mol. The molecule has 0 saturated carbocycles. The van der Waals surface area contributed by atoms with E-state index in [0.29, 0.717) is 5.56 Å². The van der Waals surface area contributed by atoms with Crippen LogP contribution < -0.4 is 0 Å². The lowest BCUT2D eigenvalue weighted by Gasteiger charge is -2.04. The number of hydrogen-bond donors (Lipinski definition) is 1. The van der Waals surface area contributed by atoms with Gasteiger partial charge in [0.1, 0.15) is 0 Å². The van der Waals surface area contributed by atoms with Crippen molar-refractivity contribution in [1.29, 1.82) is 0 Å². The first-order chi connectivity index (χ1) is 8.13. The van der Waals surface area contributed by atoms with Gasteiger partial charge in [-0.05, 0) is 25.0 Å². The third-order valence-electron chi connectivity index (χ3n) is 2.91. The summed E-state index contributed by atoms with van der Waals surface area (Å²) >= 11 is 0. The molecule has 88 valence electrons. The first-order valence-electron chi connectivity index (χ1n) is 5.62. The van der Waals surface area contributed by atoms with Gasteiger partial charge < -0.3 is 9.67 Å². The number of aromatic nitrogens is 1. The molecule has 0 unspecified atom stereocenters. The summed E-state index contributed by atoms with van der Waals surface area (Å²) in [5.74, 6) is -0.879. The van der Waals surface area contributed by atoms with Crippen LogP contribution in [0.1, 0.15) is 22.8 Å². The van der Waals surface area contributed by atoms with Crippen LogP contribution in [-0.2, 0) is 6.54 Å². The maximum absolute atomic E-state index is 11.2. The SMILES string of the molecule is CCn1cc(C(=O)O)c(-c2ccccc2C)c1. The molecular weight excluding hydrogens is 214 g/mol. The minimum atomic E-state index is -0.879. The molecule has 3 nitrogen and oxygen atoms in total. The van der Waals surface area contributed by atoms with E-state index in [0.717, 1.165) is 23.2 Å². The van der Waals surface area contributed by atoms with Crippen LogP contribution in [0.5, 0.6) is 0 Å². The van der Waals surface area contributed by atoms with Crippen molar-refractivity contribution >= 4 is 5.97 Å². The molecule has 0 aliphatic carbocycles. The molecule has 0 fully saturated rings. The number of aromatic carboxylic acids is 1. The zero-order valence-corrected chi connectivity index (χ0v) is 9.97. The maximum Gasteiger partial charge on any atom is 0.337 e. The van der Waals surface area contributed by atoms with Gasteiger partial charge in [-0.1, -0.05) is 24.3 Å². The molecule has 0 bridgehead atoms. The van der Waals surface area contributed by atoms with Gasteiger partial charge in [0.2, 0.25) is 0 Å². The summed E-state index contributed by atoms with van der Waals surface area (Å²) in [6, 6.07) is 7.83. The number of carboxylic acid groups (broad SMARTS) is 1. The van der Waals surface area contributed by atoms with E-state index >= 15 is 0 Å². The van der Waals surface area contributed by atoms with Crippen molar-refractivity contribution in [2.75, 3.05) is 0 Å². The van der Waals surface area contributed by atoms with Crippen LogP contribution in [0.4, 0.5) is 0 Å². The van der Waals surface area contributed by atoms with E-state index in [1.807, 2.05) is 48.9 Å². The molecule has 0 atom stereocenters. The highest BCUT2D eigenvalue weighted by Gasteiger charge is 2.15. The highest BCUT2D eigenvalue weighted by molar-refractivity contribution is 5.96. The summed E-state index contributed by atoms with van der Waals surface area (Å²) in [5, 5.41) is 9.21. The van der Waals surface area contributed by atoms with Gasteiger partial charge in [-0.15, -0.1) is 0 Å². The Morgan fingerprint density at radius 1 is 1.24 bits per heavy atom. The standard InChI is InChI=1S/C14H15NO2/c1-3-15-8-12(13(9-15)14(16)17)11-7-5-4-6-10(11)2/h4-9H,3H2,1-2H3,(H,16,17). The molecule has 1 aromatic heterocycles. The molecule has 0 saturated heterocycles. The van der Waals surface area contributed by atoms with Crippen molar-refractivity contribution in [2.24, 2.45) is 0 Å². The second-order valence-corrected chi connectivity index (χ2v) is 4.04. The lowest BCUT2D eigenvalue weighted by atomic mass is 10.00. The first-order valence-corrected chi connectivity index (χ1v) is 5.62. The number of carboxylic acids is 1. The summed E-state index contributed by atoms with van der Waals surface area (Å²) in [6.45, 7) is 4.75. The van der Waals surface area contributed by atoms with Crippen LogP contribution >= 0.6 is 0 Å². The molecule has 17 heavy (non-hydrogen) atoms. The molecule has 0 aliphatic rings. The first kappa shape index (κ1) is 11.5. The number of nitrogens with zero attached hydrogens (tertiary/aromatic N) is 1. The van der Waals surface area contributed by atoms with Crippen LogP contribution in [0.15, 0.2) is 36.7 Å². The van der Waals surface area contributed by atoms with Gasteiger partial charge in [0, 0.05) is 24.5 Å². The normalized spacial score (nSPS) is 10.5. The Kier molecular flexibility index (Phi) is 3.00. The van der Waals surface area contributed by atoms with Crippen LogP contribution in [0.2, 0.25) is 0 Å². The van der Waals surface area contributed by atoms with Crippen molar-refractivity contribution in [3.63, 3.8) is 0 Å². The molecular formula is C14H15NO2. The summed E-state index contributed by atoms with van der Waals surface area (Å²) in [5.41, 5.74) is 3.22.